The molecule has 5 heteroatoms. The molecule has 0 aliphatic carbocycles. The normalized spacial score (nSPS) is 11.4. The third-order valence-corrected chi connectivity index (χ3v) is 4.04. The second-order valence-electron chi connectivity index (χ2n) is 5.37. The molecule has 0 saturated heterocycles. The Morgan fingerprint density at radius 2 is 1.71 bits per heavy atom. The zero-order valence-electron chi connectivity index (χ0n) is 13.5. The highest BCUT2D eigenvalue weighted by Crippen LogP contribution is 2.19. The number of aryl methyl sites for hydroxylation is 1. The van der Waals surface area contributed by atoms with Crippen LogP contribution in [0, 0.1) is 6.92 Å². The number of hydrogen-bond acceptors (Lipinski definition) is 4. The largest absolute Gasteiger partial charge is 0.261 e. The first-order valence-corrected chi connectivity index (χ1v) is 8.38. The van der Waals surface area contributed by atoms with Gasteiger partial charge in [-0.1, -0.05) is 58.4 Å². The highest BCUT2D eigenvalue weighted by atomic mass is 79.9. The Hall–Kier alpha value is -2.53. The molecule has 24 heavy (non-hydrogen) atoms. The molecule has 3 rings (SSSR count). The molecular weight excluding hydrogens is 364 g/mol. The van der Waals surface area contributed by atoms with Crippen LogP contribution in [0.2, 0.25) is 0 Å². The van der Waals surface area contributed by atoms with Crippen LogP contribution in [0.5, 0.6) is 0 Å². The molecule has 1 heterocycles. The van der Waals surface area contributed by atoms with Gasteiger partial charge in [0.1, 0.15) is 11.6 Å². The topological polar surface area (TPSA) is 50.2 Å². The van der Waals surface area contributed by atoms with Crippen LogP contribution in [-0.2, 0) is 0 Å². The highest BCUT2D eigenvalue weighted by Gasteiger charge is 2.04. The number of halogens is 1. The fourth-order valence-electron chi connectivity index (χ4n) is 2.28. The Morgan fingerprint density at radius 3 is 2.42 bits per heavy atom. The molecule has 0 aliphatic rings. The summed E-state index contributed by atoms with van der Waals surface area (Å²) in [6.07, 6.45) is 0. The van der Waals surface area contributed by atoms with Crippen LogP contribution in [0.4, 0.5) is 5.82 Å². The van der Waals surface area contributed by atoms with Crippen LogP contribution in [-0.4, -0.2) is 15.7 Å². The van der Waals surface area contributed by atoms with Crippen LogP contribution >= 0.6 is 15.9 Å². The van der Waals surface area contributed by atoms with E-state index in [2.05, 4.69) is 36.4 Å². The first kappa shape index (κ1) is 16.3. The van der Waals surface area contributed by atoms with Crippen molar-refractivity contribution in [2.75, 3.05) is 5.43 Å². The minimum atomic E-state index is 0.679. The fraction of sp³-hybridized carbons (Fsp3) is 0.105. The highest BCUT2D eigenvalue weighted by molar-refractivity contribution is 9.10. The molecule has 0 saturated carbocycles. The molecule has 0 fully saturated rings. The van der Waals surface area contributed by atoms with Gasteiger partial charge in [0.25, 0.3) is 0 Å². The smallest absolute Gasteiger partial charge is 0.150 e. The third kappa shape index (κ3) is 4.06. The summed E-state index contributed by atoms with van der Waals surface area (Å²) in [5, 5.41) is 4.43. The second kappa shape index (κ2) is 7.36. The van der Waals surface area contributed by atoms with E-state index < -0.39 is 0 Å². The number of hydrogen-bond donors (Lipinski definition) is 1. The Labute approximate surface area is 149 Å². The maximum absolute atomic E-state index is 4.49. The van der Waals surface area contributed by atoms with E-state index >= 15 is 0 Å². The van der Waals surface area contributed by atoms with Crippen molar-refractivity contribution in [3.05, 3.63) is 76.5 Å². The van der Waals surface area contributed by atoms with E-state index in [0.717, 1.165) is 27.0 Å². The van der Waals surface area contributed by atoms with Gasteiger partial charge >= 0.3 is 0 Å². The van der Waals surface area contributed by atoms with Crippen LogP contribution in [0.1, 0.15) is 18.3 Å². The van der Waals surface area contributed by atoms with Crippen molar-refractivity contribution in [2.24, 2.45) is 5.10 Å². The molecule has 0 amide bonds. The van der Waals surface area contributed by atoms with E-state index in [0.29, 0.717) is 11.6 Å². The number of anilines is 1. The molecule has 3 aromatic rings. The predicted molar refractivity (Wildman–Crippen MR) is 102 cm³/mol. The number of aromatic nitrogens is 2. The first-order chi connectivity index (χ1) is 11.6. The molecule has 0 aliphatic heterocycles. The molecule has 4 nitrogen and oxygen atoms in total. The SMILES string of the molecule is C/C(=N/Nc1cc(-c2ccccc2)nc(C)n1)c1ccc(Br)cc1. The van der Waals surface area contributed by atoms with Crippen molar-refractivity contribution in [2.45, 2.75) is 13.8 Å². The summed E-state index contributed by atoms with van der Waals surface area (Å²) in [5.41, 5.74) is 6.91. The van der Waals surface area contributed by atoms with Gasteiger partial charge in [0.15, 0.2) is 0 Å². The molecule has 1 N–H and O–H groups in total. The summed E-state index contributed by atoms with van der Waals surface area (Å²) in [4.78, 5) is 8.90. The van der Waals surface area contributed by atoms with Crippen LogP contribution in [0.25, 0.3) is 11.3 Å². The molecule has 0 atom stereocenters. The molecule has 2 aromatic carbocycles. The van der Waals surface area contributed by atoms with Gasteiger partial charge in [0.2, 0.25) is 0 Å². The lowest BCUT2D eigenvalue weighted by Gasteiger charge is -2.07. The quantitative estimate of drug-likeness (QED) is 0.508. The van der Waals surface area contributed by atoms with Gasteiger partial charge in [-0.25, -0.2) is 9.97 Å². The number of hydrazone groups is 1. The van der Waals surface area contributed by atoms with Crippen LogP contribution < -0.4 is 5.43 Å². The summed E-state index contributed by atoms with van der Waals surface area (Å²) in [6, 6.07) is 20.0. The Bertz CT molecular complexity index is 858. The number of nitrogens with one attached hydrogen (secondary N) is 1. The van der Waals surface area contributed by atoms with Crippen molar-refractivity contribution in [3.8, 4) is 11.3 Å². The molecule has 1 aromatic heterocycles. The van der Waals surface area contributed by atoms with Gasteiger partial charge in [-0.15, -0.1) is 0 Å². The van der Waals surface area contributed by atoms with E-state index in [1.54, 1.807) is 0 Å². The molecule has 0 unspecified atom stereocenters. The monoisotopic (exact) mass is 380 g/mol. The van der Waals surface area contributed by atoms with Crippen molar-refractivity contribution >= 4 is 27.5 Å². The zero-order chi connectivity index (χ0) is 16.9. The Balaban J connectivity index is 1.84. The first-order valence-electron chi connectivity index (χ1n) is 7.59. The van der Waals surface area contributed by atoms with Crippen molar-refractivity contribution in [1.82, 2.24) is 9.97 Å². The summed E-state index contributed by atoms with van der Waals surface area (Å²) >= 11 is 3.44. The molecule has 0 bridgehead atoms. The number of benzene rings is 2. The van der Waals surface area contributed by atoms with Crippen LogP contribution in [0.3, 0.4) is 0 Å². The van der Waals surface area contributed by atoms with E-state index in [1.165, 1.54) is 0 Å². The maximum atomic E-state index is 4.49. The predicted octanol–water partition coefficient (Wildman–Crippen LogP) is 5.05. The van der Waals surface area contributed by atoms with Crippen molar-refractivity contribution in [3.63, 3.8) is 0 Å². The molecule has 0 radical (unpaired) electrons. The zero-order valence-corrected chi connectivity index (χ0v) is 15.1. The van der Waals surface area contributed by atoms with E-state index in [9.17, 15) is 0 Å². The average molecular weight is 381 g/mol. The van der Waals surface area contributed by atoms with Crippen molar-refractivity contribution in [1.29, 1.82) is 0 Å². The maximum Gasteiger partial charge on any atom is 0.150 e. The summed E-state index contributed by atoms with van der Waals surface area (Å²) < 4.78 is 1.05. The van der Waals surface area contributed by atoms with Crippen molar-refractivity contribution < 1.29 is 0 Å². The summed E-state index contributed by atoms with van der Waals surface area (Å²) in [7, 11) is 0. The van der Waals surface area contributed by atoms with Gasteiger partial charge in [-0.2, -0.15) is 5.10 Å². The van der Waals surface area contributed by atoms with E-state index in [-0.39, 0.29) is 0 Å². The minimum absolute atomic E-state index is 0.679. The van der Waals surface area contributed by atoms with E-state index in [1.807, 2.05) is 74.5 Å². The van der Waals surface area contributed by atoms with Crippen LogP contribution in [0.15, 0.2) is 70.2 Å². The fourth-order valence-corrected chi connectivity index (χ4v) is 2.54. The van der Waals surface area contributed by atoms with E-state index in [4.69, 9.17) is 0 Å². The summed E-state index contributed by atoms with van der Waals surface area (Å²) in [5.74, 6) is 1.38. The third-order valence-electron chi connectivity index (χ3n) is 3.51. The van der Waals surface area contributed by atoms with Gasteiger partial charge in [0.05, 0.1) is 11.4 Å². The Kier molecular flexibility index (Phi) is 5.01. The minimum Gasteiger partial charge on any atom is -0.261 e. The number of rotatable bonds is 4. The molecule has 0 spiro atoms. The average Bonchev–Trinajstić information content (AvgIpc) is 2.60. The van der Waals surface area contributed by atoms with Gasteiger partial charge < -0.3 is 0 Å². The van der Waals surface area contributed by atoms with Gasteiger partial charge in [0, 0.05) is 16.1 Å². The Morgan fingerprint density at radius 1 is 1.00 bits per heavy atom. The lowest BCUT2D eigenvalue weighted by Crippen LogP contribution is -2.02. The summed E-state index contributed by atoms with van der Waals surface area (Å²) in [6.45, 7) is 3.84. The second-order valence-corrected chi connectivity index (χ2v) is 6.28. The lowest BCUT2D eigenvalue weighted by molar-refractivity contribution is 1.05. The van der Waals surface area contributed by atoms with Gasteiger partial charge in [-0.3, -0.25) is 5.43 Å². The molecule has 120 valence electrons. The standard InChI is InChI=1S/C19H17BrN4/c1-13(15-8-10-17(20)11-9-15)23-24-19-12-18(21-14(2)22-19)16-6-4-3-5-7-16/h3-12H,1-2H3,(H,21,22,24)/b23-13-. The van der Waals surface area contributed by atoms with Gasteiger partial charge in [-0.05, 0) is 31.5 Å². The molecular formula is C19H17BrN4. The lowest BCUT2D eigenvalue weighted by atomic mass is 10.1. The number of nitrogens with zero attached hydrogens (tertiary/aromatic N) is 3.